The van der Waals surface area contributed by atoms with Crippen LogP contribution in [-0.2, 0) is 10.0 Å². The van der Waals surface area contributed by atoms with E-state index in [0.29, 0.717) is 11.4 Å². The molecular formula is C16H27ClN2O2S. The van der Waals surface area contributed by atoms with Crippen molar-refractivity contribution in [1.29, 1.82) is 0 Å². The van der Waals surface area contributed by atoms with Crippen LogP contribution < -0.4 is 5.32 Å². The maximum absolute atomic E-state index is 13.0. The number of aryl methyl sites for hydroxylation is 2. The molecule has 0 bridgehead atoms. The molecule has 1 aromatic rings. The lowest BCUT2D eigenvalue weighted by Gasteiger charge is -2.33. The molecule has 0 saturated carbocycles. The van der Waals surface area contributed by atoms with Crippen LogP contribution in [0.4, 0.5) is 0 Å². The lowest BCUT2D eigenvalue weighted by molar-refractivity contribution is 0.262. The second-order valence-corrected chi connectivity index (χ2v) is 7.73. The van der Waals surface area contributed by atoms with Gasteiger partial charge in [-0.1, -0.05) is 13.0 Å². The number of nitrogens with zero attached hydrogens (tertiary/aromatic N) is 1. The molecular weight excluding hydrogens is 320 g/mol. The molecule has 0 spiro atoms. The van der Waals surface area contributed by atoms with E-state index in [1.807, 2.05) is 26.8 Å². The maximum Gasteiger partial charge on any atom is 0.243 e. The summed E-state index contributed by atoms with van der Waals surface area (Å²) in [5.74, 6) is 0. The Hall–Kier alpha value is -0.620. The van der Waals surface area contributed by atoms with Gasteiger partial charge in [-0.15, -0.1) is 12.4 Å². The van der Waals surface area contributed by atoms with Gasteiger partial charge in [0.25, 0.3) is 0 Å². The molecule has 2 rings (SSSR count). The van der Waals surface area contributed by atoms with Crippen molar-refractivity contribution in [3.63, 3.8) is 0 Å². The van der Waals surface area contributed by atoms with Crippen molar-refractivity contribution in [1.82, 2.24) is 9.62 Å². The van der Waals surface area contributed by atoms with E-state index in [0.717, 1.165) is 43.5 Å². The summed E-state index contributed by atoms with van der Waals surface area (Å²) in [5, 5.41) is 3.30. The molecule has 6 heteroatoms. The first kappa shape index (κ1) is 19.4. The lowest BCUT2D eigenvalue weighted by Crippen LogP contribution is -2.46. The van der Waals surface area contributed by atoms with Crippen molar-refractivity contribution in [3.8, 4) is 0 Å². The quantitative estimate of drug-likeness (QED) is 0.891. The average molecular weight is 347 g/mol. The van der Waals surface area contributed by atoms with Gasteiger partial charge in [-0.05, 0) is 69.5 Å². The summed E-state index contributed by atoms with van der Waals surface area (Å²) >= 11 is 0. The van der Waals surface area contributed by atoms with Crippen molar-refractivity contribution in [2.45, 2.75) is 51.0 Å². The molecule has 0 unspecified atom stereocenters. The van der Waals surface area contributed by atoms with Gasteiger partial charge in [-0.2, -0.15) is 4.31 Å². The number of hydrogen-bond acceptors (Lipinski definition) is 3. The Kier molecular flexibility index (Phi) is 7.32. The number of nitrogens with one attached hydrogen (secondary N) is 1. The normalized spacial score (nSPS) is 16.5. The van der Waals surface area contributed by atoms with Gasteiger partial charge in [0.05, 0.1) is 4.90 Å². The van der Waals surface area contributed by atoms with E-state index in [1.54, 1.807) is 16.4 Å². The lowest BCUT2D eigenvalue weighted by atomic mass is 10.1. The van der Waals surface area contributed by atoms with Crippen LogP contribution in [0.2, 0.25) is 0 Å². The summed E-state index contributed by atoms with van der Waals surface area (Å²) in [6.45, 7) is 8.38. The fraction of sp³-hybridized carbons (Fsp3) is 0.625. The molecule has 0 amide bonds. The number of halogens is 1. The van der Waals surface area contributed by atoms with E-state index in [9.17, 15) is 8.42 Å². The summed E-state index contributed by atoms with van der Waals surface area (Å²) < 4.78 is 27.7. The monoisotopic (exact) mass is 346 g/mol. The Morgan fingerprint density at radius 3 is 2.36 bits per heavy atom. The molecule has 0 aromatic heterocycles. The smallest absolute Gasteiger partial charge is 0.243 e. The van der Waals surface area contributed by atoms with Crippen LogP contribution in [0.5, 0.6) is 0 Å². The van der Waals surface area contributed by atoms with Crippen LogP contribution in [-0.4, -0.2) is 38.4 Å². The van der Waals surface area contributed by atoms with E-state index < -0.39 is 10.0 Å². The molecule has 1 aliphatic heterocycles. The summed E-state index contributed by atoms with van der Waals surface area (Å²) in [7, 11) is -3.40. The first-order valence-corrected chi connectivity index (χ1v) is 9.20. The van der Waals surface area contributed by atoms with Crippen LogP contribution in [0.25, 0.3) is 0 Å². The molecule has 126 valence electrons. The zero-order valence-electron chi connectivity index (χ0n) is 13.6. The van der Waals surface area contributed by atoms with Gasteiger partial charge in [-0.25, -0.2) is 8.42 Å². The maximum atomic E-state index is 13.0. The second kappa shape index (κ2) is 8.29. The van der Waals surface area contributed by atoms with Crippen LogP contribution in [0, 0.1) is 13.8 Å². The minimum atomic E-state index is -3.40. The van der Waals surface area contributed by atoms with Gasteiger partial charge < -0.3 is 5.32 Å². The average Bonchev–Trinajstić information content (AvgIpc) is 2.48. The van der Waals surface area contributed by atoms with E-state index >= 15 is 0 Å². The zero-order valence-corrected chi connectivity index (χ0v) is 15.3. The van der Waals surface area contributed by atoms with Crippen molar-refractivity contribution in [3.05, 3.63) is 29.3 Å². The number of piperidine rings is 1. The minimum absolute atomic E-state index is 0. The third-order valence-corrected chi connectivity index (χ3v) is 6.19. The molecule has 1 N–H and O–H groups in total. The third-order valence-electron chi connectivity index (χ3n) is 4.24. The van der Waals surface area contributed by atoms with Crippen molar-refractivity contribution in [2.24, 2.45) is 0 Å². The molecule has 0 atom stereocenters. The molecule has 1 heterocycles. The Morgan fingerprint density at radius 2 is 1.82 bits per heavy atom. The highest BCUT2D eigenvalue weighted by molar-refractivity contribution is 7.89. The fourth-order valence-corrected chi connectivity index (χ4v) is 4.69. The van der Waals surface area contributed by atoms with E-state index in [1.165, 1.54) is 0 Å². The van der Waals surface area contributed by atoms with Crippen molar-refractivity contribution >= 4 is 22.4 Å². The van der Waals surface area contributed by atoms with Crippen LogP contribution >= 0.6 is 12.4 Å². The van der Waals surface area contributed by atoms with Crippen LogP contribution in [0.15, 0.2) is 23.1 Å². The number of sulfonamides is 1. The van der Waals surface area contributed by atoms with Crippen molar-refractivity contribution in [2.75, 3.05) is 19.6 Å². The number of benzene rings is 1. The van der Waals surface area contributed by atoms with E-state index in [4.69, 9.17) is 0 Å². The molecule has 1 fully saturated rings. The SMILES string of the molecule is CCCN(C1CCNCC1)S(=O)(=O)c1ccc(C)c(C)c1.Cl. The van der Waals surface area contributed by atoms with Gasteiger partial charge in [0.1, 0.15) is 0 Å². The molecule has 0 aliphatic carbocycles. The number of rotatable bonds is 5. The first-order chi connectivity index (χ1) is 9.96. The largest absolute Gasteiger partial charge is 0.317 e. The number of hydrogen-bond donors (Lipinski definition) is 1. The van der Waals surface area contributed by atoms with Gasteiger partial charge in [0.15, 0.2) is 0 Å². The Labute approximate surface area is 140 Å². The summed E-state index contributed by atoms with van der Waals surface area (Å²) in [6, 6.07) is 5.56. The molecule has 0 radical (unpaired) electrons. The summed E-state index contributed by atoms with van der Waals surface area (Å²) in [5.41, 5.74) is 2.15. The highest BCUT2D eigenvalue weighted by Gasteiger charge is 2.31. The summed E-state index contributed by atoms with van der Waals surface area (Å²) in [4.78, 5) is 0.428. The van der Waals surface area contributed by atoms with E-state index in [-0.39, 0.29) is 18.4 Å². The Morgan fingerprint density at radius 1 is 1.18 bits per heavy atom. The molecule has 1 saturated heterocycles. The molecule has 4 nitrogen and oxygen atoms in total. The predicted molar refractivity (Wildman–Crippen MR) is 93.2 cm³/mol. The fourth-order valence-electron chi connectivity index (χ4n) is 2.82. The topological polar surface area (TPSA) is 49.4 Å². The van der Waals surface area contributed by atoms with Gasteiger partial charge in [0.2, 0.25) is 10.0 Å². The minimum Gasteiger partial charge on any atom is -0.317 e. The van der Waals surface area contributed by atoms with Gasteiger partial charge in [0, 0.05) is 12.6 Å². The first-order valence-electron chi connectivity index (χ1n) is 7.76. The van der Waals surface area contributed by atoms with Crippen molar-refractivity contribution < 1.29 is 8.42 Å². The highest BCUT2D eigenvalue weighted by Crippen LogP contribution is 2.24. The zero-order chi connectivity index (χ0) is 15.5. The van der Waals surface area contributed by atoms with Gasteiger partial charge >= 0.3 is 0 Å². The Bertz CT molecular complexity index is 584. The van der Waals surface area contributed by atoms with Crippen LogP contribution in [0.1, 0.15) is 37.3 Å². The summed E-state index contributed by atoms with van der Waals surface area (Å²) in [6.07, 6.45) is 2.63. The molecule has 1 aromatic carbocycles. The van der Waals surface area contributed by atoms with Gasteiger partial charge in [-0.3, -0.25) is 0 Å². The third kappa shape index (κ3) is 4.22. The standard InChI is InChI=1S/C16H26N2O2S.ClH/c1-4-11-18(15-7-9-17-10-8-15)21(19,20)16-6-5-13(2)14(3)12-16;/h5-6,12,15,17H,4,7-11H2,1-3H3;1H. The molecule has 1 aliphatic rings. The highest BCUT2D eigenvalue weighted by atomic mass is 35.5. The Balaban J connectivity index is 0.00000242. The second-order valence-electron chi connectivity index (χ2n) is 5.84. The van der Waals surface area contributed by atoms with E-state index in [2.05, 4.69) is 5.32 Å². The van der Waals surface area contributed by atoms with Crippen LogP contribution in [0.3, 0.4) is 0 Å². The molecule has 22 heavy (non-hydrogen) atoms. The predicted octanol–water partition coefficient (Wildman–Crippen LogP) is 2.88.